The first-order chi connectivity index (χ1) is 13.5. The Morgan fingerprint density at radius 1 is 1.25 bits per heavy atom. The molecule has 0 bridgehead atoms. The smallest absolute Gasteiger partial charge is 0.246 e. The second-order valence-electron chi connectivity index (χ2n) is 7.10. The summed E-state index contributed by atoms with van der Waals surface area (Å²) in [5.41, 5.74) is 0. The Balaban J connectivity index is 1.71. The molecule has 0 radical (unpaired) electrons. The zero-order chi connectivity index (χ0) is 20.1. The van der Waals surface area contributed by atoms with Gasteiger partial charge in [0.15, 0.2) is 0 Å². The van der Waals surface area contributed by atoms with Crippen molar-refractivity contribution in [2.75, 3.05) is 40.5 Å². The van der Waals surface area contributed by atoms with Crippen LogP contribution in [-0.2, 0) is 19.6 Å². The van der Waals surface area contributed by atoms with E-state index < -0.39 is 10.0 Å². The van der Waals surface area contributed by atoms with Crippen molar-refractivity contribution in [3.63, 3.8) is 0 Å². The number of methoxy groups -OCH3 is 2. The van der Waals surface area contributed by atoms with Gasteiger partial charge in [-0.3, -0.25) is 4.79 Å². The number of benzene rings is 1. The molecular formula is C19H28N2O6S. The third kappa shape index (κ3) is 4.59. The van der Waals surface area contributed by atoms with Crippen LogP contribution < -0.4 is 14.8 Å². The number of rotatable bonds is 7. The molecule has 1 aromatic carbocycles. The quantitative estimate of drug-likeness (QED) is 0.728. The monoisotopic (exact) mass is 412 g/mol. The second kappa shape index (κ2) is 9.11. The van der Waals surface area contributed by atoms with Crippen molar-refractivity contribution in [1.82, 2.24) is 9.62 Å². The van der Waals surface area contributed by atoms with Crippen molar-refractivity contribution in [2.24, 2.45) is 5.92 Å². The molecule has 0 aromatic heterocycles. The molecule has 0 aliphatic carbocycles. The lowest BCUT2D eigenvalue weighted by molar-refractivity contribution is -0.126. The minimum atomic E-state index is -3.81. The van der Waals surface area contributed by atoms with Gasteiger partial charge in [-0.1, -0.05) is 0 Å². The zero-order valence-corrected chi connectivity index (χ0v) is 17.2. The maximum atomic E-state index is 13.2. The highest BCUT2D eigenvalue weighted by molar-refractivity contribution is 7.89. The van der Waals surface area contributed by atoms with E-state index in [0.717, 1.165) is 19.4 Å². The summed E-state index contributed by atoms with van der Waals surface area (Å²) in [5.74, 6) is 0.197. The van der Waals surface area contributed by atoms with Crippen molar-refractivity contribution in [1.29, 1.82) is 0 Å². The third-order valence-corrected chi connectivity index (χ3v) is 7.16. The molecule has 2 fully saturated rings. The Bertz CT molecular complexity index is 792. The number of nitrogens with one attached hydrogen (secondary N) is 1. The fourth-order valence-electron chi connectivity index (χ4n) is 3.66. The zero-order valence-electron chi connectivity index (χ0n) is 16.3. The molecule has 2 aliphatic heterocycles. The minimum absolute atomic E-state index is 0.0507. The van der Waals surface area contributed by atoms with E-state index in [1.807, 2.05) is 0 Å². The molecule has 3 rings (SSSR count). The van der Waals surface area contributed by atoms with Gasteiger partial charge in [-0.05, 0) is 37.8 Å². The van der Waals surface area contributed by atoms with Gasteiger partial charge in [0.1, 0.15) is 16.4 Å². The number of piperidine rings is 1. The van der Waals surface area contributed by atoms with Crippen molar-refractivity contribution in [3.05, 3.63) is 18.2 Å². The van der Waals surface area contributed by atoms with E-state index in [1.165, 1.54) is 24.6 Å². The number of amides is 1. The standard InChI is InChI=1S/C19H28N2O6S/c1-25-15-7-8-17(26-2)18(11-15)28(23,24)21-9-3-5-14(13-21)19(22)20-12-16-6-4-10-27-16/h7-8,11,14,16H,3-6,9-10,12-13H2,1-2H3,(H,20,22)/t14-,16+/m1/s1. The van der Waals surface area contributed by atoms with Crippen molar-refractivity contribution in [3.8, 4) is 11.5 Å². The predicted molar refractivity (Wildman–Crippen MR) is 103 cm³/mol. The van der Waals surface area contributed by atoms with Crippen LogP contribution in [0.15, 0.2) is 23.1 Å². The molecule has 0 spiro atoms. The lowest BCUT2D eigenvalue weighted by atomic mass is 9.99. The minimum Gasteiger partial charge on any atom is -0.497 e. The first-order valence-corrected chi connectivity index (χ1v) is 11.0. The van der Waals surface area contributed by atoms with E-state index in [0.29, 0.717) is 31.7 Å². The number of sulfonamides is 1. The largest absolute Gasteiger partial charge is 0.497 e. The molecule has 1 aromatic rings. The number of ether oxygens (including phenoxy) is 3. The topological polar surface area (TPSA) is 94.2 Å². The highest BCUT2D eigenvalue weighted by Crippen LogP contribution is 2.32. The van der Waals surface area contributed by atoms with Crippen LogP contribution in [0.1, 0.15) is 25.7 Å². The number of hydrogen-bond acceptors (Lipinski definition) is 6. The van der Waals surface area contributed by atoms with Gasteiger partial charge in [-0.2, -0.15) is 4.31 Å². The summed E-state index contributed by atoms with van der Waals surface area (Å²) in [7, 11) is -0.902. The van der Waals surface area contributed by atoms with Gasteiger partial charge in [-0.25, -0.2) is 8.42 Å². The molecule has 2 heterocycles. The van der Waals surface area contributed by atoms with Gasteiger partial charge in [0.05, 0.1) is 26.2 Å². The van der Waals surface area contributed by atoms with E-state index in [-0.39, 0.29) is 35.1 Å². The lowest BCUT2D eigenvalue weighted by Crippen LogP contribution is -2.46. The average molecular weight is 413 g/mol. The highest BCUT2D eigenvalue weighted by Gasteiger charge is 2.35. The fraction of sp³-hybridized carbons (Fsp3) is 0.632. The normalized spacial score (nSPS) is 23.4. The number of carbonyl (C=O) groups excluding carboxylic acids is 1. The predicted octanol–water partition coefficient (Wildman–Crippen LogP) is 1.40. The molecule has 0 unspecified atom stereocenters. The summed E-state index contributed by atoms with van der Waals surface area (Å²) >= 11 is 0. The highest BCUT2D eigenvalue weighted by atomic mass is 32.2. The SMILES string of the molecule is COc1ccc(OC)c(S(=O)(=O)N2CCC[C@@H](C(=O)NC[C@@H]3CCCO3)C2)c1. The number of carbonyl (C=O) groups is 1. The molecule has 28 heavy (non-hydrogen) atoms. The van der Waals surface area contributed by atoms with Gasteiger partial charge >= 0.3 is 0 Å². The first kappa shape index (κ1) is 20.9. The van der Waals surface area contributed by atoms with E-state index in [4.69, 9.17) is 14.2 Å². The van der Waals surface area contributed by atoms with Crippen molar-refractivity contribution >= 4 is 15.9 Å². The summed E-state index contributed by atoms with van der Waals surface area (Å²) in [6, 6.07) is 4.67. The number of nitrogens with zero attached hydrogens (tertiary/aromatic N) is 1. The Hall–Kier alpha value is -1.84. The summed E-state index contributed by atoms with van der Waals surface area (Å²) in [6.07, 6.45) is 3.31. The van der Waals surface area contributed by atoms with E-state index in [2.05, 4.69) is 5.32 Å². The number of hydrogen-bond donors (Lipinski definition) is 1. The Morgan fingerprint density at radius 3 is 2.75 bits per heavy atom. The molecule has 2 aliphatic rings. The van der Waals surface area contributed by atoms with Crippen LogP contribution >= 0.6 is 0 Å². The van der Waals surface area contributed by atoms with Crippen LogP contribution in [-0.4, -0.2) is 65.2 Å². The molecule has 2 saturated heterocycles. The molecule has 8 nitrogen and oxygen atoms in total. The van der Waals surface area contributed by atoms with E-state index in [1.54, 1.807) is 12.1 Å². The second-order valence-corrected chi connectivity index (χ2v) is 9.01. The Morgan fingerprint density at radius 2 is 2.07 bits per heavy atom. The summed E-state index contributed by atoms with van der Waals surface area (Å²) < 4.78 is 43.7. The van der Waals surface area contributed by atoms with Crippen LogP contribution in [0.3, 0.4) is 0 Å². The maximum absolute atomic E-state index is 13.2. The third-order valence-electron chi connectivity index (χ3n) is 5.27. The molecule has 0 saturated carbocycles. The first-order valence-electron chi connectivity index (χ1n) is 9.57. The van der Waals surface area contributed by atoms with Crippen LogP contribution in [0.4, 0.5) is 0 Å². The van der Waals surface area contributed by atoms with Gasteiger partial charge in [-0.15, -0.1) is 0 Å². The molecule has 1 N–H and O–H groups in total. The van der Waals surface area contributed by atoms with Crippen molar-refractivity contribution in [2.45, 2.75) is 36.7 Å². The van der Waals surface area contributed by atoms with Crippen molar-refractivity contribution < 1.29 is 27.4 Å². The summed E-state index contributed by atoms with van der Waals surface area (Å²) in [4.78, 5) is 12.6. The van der Waals surface area contributed by atoms with Gasteiger partial charge in [0.25, 0.3) is 0 Å². The maximum Gasteiger partial charge on any atom is 0.246 e. The lowest BCUT2D eigenvalue weighted by Gasteiger charge is -2.31. The van der Waals surface area contributed by atoms with Crippen LogP contribution in [0.2, 0.25) is 0 Å². The Kier molecular flexibility index (Phi) is 6.79. The molecular weight excluding hydrogens is 384 g/mol. The molecule has 156 valence electrons. The average Bonchev–Trinajstić information content (AvgIpc) is 3.25. The summed E-state index contributed by atoms with van der Waals surface area (Å²) in [5, 5.41) is 2.92. The fourth-order valence-corrected chi connectivity index (χ4v) is 5.36. The van der Waals surface area contributed by atoms with Gasteiger partial charge in [0, 0.05) is 32.3 Å². The Labute approximate surface area is 166 Å². The molecule has 1 amide bonds. The molecule has 2 atom stereocenters. The van der Waals surface area contributed by atoms with E-state index in [9.17, 15) is 13.2 Å². The van der Waals surface area contributed by atoms with Gasteiger partial charge in [0.2, 0.25) is 15.9 Å². The van der Waals surface area contributed by atoms with Gasteiger partial charge < -0.3 is 19.5 Å². The van der Waals surface area contributed by atoms with Crippen LogP contribution in [0.5, 0.6) is 11.5 Å². The van der Waals surface area contributed by atoms with E-state index >= 15 is 0 Å². The summed E-state index contributed by atoms with van der Waals surface area (Å²) in [6.45, 7) is 1.74. The van der Waals surface area contributed by atoms with Crippen LogP contribution in [0, 0.1) is 5.92 Å². The molecule has 9 heteroatoms. The van der Waals surface area contributed by atoms with Crippen LogP contribution in [0.25, 0.3) is 0 Å².